The molecule has 0 saturated carbocycles. The fourth-order valence-electron chi connectivity index (χ4n) is 1.60. The third kappa shape index (κ3) is 2.82. The summed E-state index contributed by atoms with van der Waals surface area (Å²) in [6, 6.07) is 7.58. The molecule has 2 aromatic rings. The summed E-state index contributed by atoms with van der Waals surface area (Å²) in [5, 5.41) is 14.6. The number of benzene rings is 1. The quantitative estimate of drug-likeness (QED) is 0.845. The summed E-state index contributed by atoms with van der Waals surface area (Å²) in [4.78, 5) is 22.7. The van der Waals surface area contributed by atoms with Gasteiger partial charge < -0.3 is 10.4 Å². The molecule has 0 fully saturated rings. The molecule has 1 aromatic heterocycles. The summed E-state index contributed by atoms with van der Waals surface area (Å²) in [6.07, 6.45) is 0. The van der Waals surface area contributed by atoms with Gasteiger partial charge in [-0.3, -0.25) is 4.79 Å². The zero-order chi connectivity index (χ0) is 14.0. The van der Waals surface area contributed by atoms with Crippen LogP contribution in [0.3, 0.4) is 0 Å². The number of carbonyl (C=O) groups excluding carboxylic acids is 1. The van der Waals surface area contributed by atoms with Crippen LogP contribution in [0.25, 0.3) is 10.1 Å². The molecule has 2 N–H and O–H groups in total. The number of hydrogen-bond acceptors (Lipinski definition) is 3. The van der Waals surface area contributed by atoms with Crippen molar-refractivity contribution >= 4 is 39.0 Å². The van der Waals surface area contributed by atoms with Crippen molar-refractivity contribution in [2.24, 2.45) is 0 Å². The van der Waals surface area contributed by atoms with Gasteiger partial charge in [0.1, 0.15) is 0 Å². The lowest BCUT2D eigenvalue weighted by Crippen LogP contribution is -2.16. The topological polar surface area (TPSA) is 66.4 Å². The second-order valence-electron chi connectivity index (χ2n) is 4.18. The summed E-state index contributed by atoms with van der Waals surface area (Å²) >= 11 is 1.63. The van der Waals surface area contributed by atoms with E-state index in [4.69, 9.17) is 5.11 Å². The zero-order valence-electron chi connectivity index (χ0n) is 10.6. The first-order valence-corrected chi connectivity index (χ1v) is 6.56. The molecule has 5 heteroatoms. The fraction of sp³-hybridized carbons (Fsp3) is 0.143. The van der Waals surface area contributed by atoms with Crippen molar-refractivity contribution < 1.29 is 14.7 Å². The standard InChI is InChI=1S/C14H13NO3S/c1-8(9(2)14(17)18)13(16)15-11-3-4-12-10(7-11)5-6-19-12/h3-7H,1-2H3,(H,15,16)(H,17,18). The number of carbonyl (C=O) groups is 2. The number of carboxylic acids is 1. The molecular weight excluding hydrogens is 262 g/mol. The fourth-order valence-corrected chi connectivity index (χ4v) is 2.37. The molecule has 1 heterocycles. The molecule has 0 unspecified atom stereocenters. The van der Waals surface area contributed by atoms with Gasteiger partial charge in [0, 0.05) is 21.5 Å². The molecule has 4 nitrogen and oxygen atoms in total. The normalized spacial score (nSPS) is 12.1. The van der Waals surface area contributed by atoms with Crippen molar-refractivity contribution in [1.29, 1.82) is 0 Å². The van der Waals surface area contributed by atoms with Crippen LogP contribution in [0.4, 0.5) is 5.69 Å². The number of anilines is 1. The van der Waals surface area contributed by atoms with Crippen LogP contribution in [0.2, 0.25) is 0 Å². The highest BCUT2D eigenvalue weighted by Crippen LogP contribution is 2.24. The summed E-state index contributed by atoms with van der Waals surface area (Å²) in [6.45, 7) is 2.92. The van der Waals surface area contributed by atoms with Crippen molar-refractivity contribution in [3.63, 3.8) is 0 Å². The number of thiophene rings is 1. The Morgan fingerprint density at radius 1 is 1.16 bits per heavy atom. The predicted molar refractivity (Wildman–Crippen MR) is 76.5 cm³/mol. The Balaban J connectivity index is 2.23. The van der Waals surface area contributed by atoms with E-state index in [0.717, 1.165) is 10.1 Å². The molecule has 1 aromatic carbocycles. The number of rotatable bonds is 3. The first kappa shape index (κ1) is 13.3. The van der Waals surface area contributed by atoms with Gasteiger partial charge in [-0.2, -0.15) is 0 Å². The summed E-state index contributed by atoms with van der Waals surface area (Å²) < 4.78 is 1.15. The molecule has 0 aliphatic carbocycles. The van der Waals surface area contributed by atoms with E-state index >= 15 is 0 Å². The Morgan fingerprint density at radius 2 is 1.89 bits per heavy atom. The van der Waals surface area contributed by atoms with Crippen molar-refractivity contribution in [3.8, 4) is 0 Å². The Kier molecular flexibility index (Phi) is 3.66. The monoisotopic (exact) mass is 275 g/mol. The lowest BCUT2D eigenvalue weighted by molar-refractivity contribution is -0.133. The minimum atomic E-state index is -1.08. The Bertz CT molecular complexity index is 685. The molecule has 19 heavy (non-hydrogen) atoms. The van der Waals surface area contributed by atoms with Crippen molar-refractivity contribution in [2.45, 2.75) is 13.8 Å². The van der Waals surface area contributed by atoms with Gasteiger partial charge >= 0.3 is 5.97 Å². The Hall–Kier alpha value is -2.14. The van der Waals surface area contributed by atoms with Gasteiger partial charge in [-0.15, -0.1) is 11.3 Å². The van der Waals surface area contributed by atoms with Gasteiger partial charge in [-0.1, -0.05) is 0 Å². The van der Waals surface area contributed by atoms with E-state index in [1.807, 2.05) is 23.6 Å². The molecule has 0 bridgehead atoms. The minimum absolute atomic E-state index is 0.0501. The first-order chi connectivity index (χ1) is 8.99. The minimum Gasteiger partial charge on any atom is -0.478 e. The molecule has 2 rings (SSSR count). The molecule has 0 aliphatic heterocycles. The van der Waals surface area contributed by atoms with Crippen LogP contribution >= 0.6 is 11.3 Å². The molecule has 1 amide bonds. The van der Waals surface area contributed by atoms with Crippen LogP contribution in [-0.2, 0) is 9.59 Å². The average molecular weight is 275 g/mol. The second-order valence-corrected chi connectivity index (χ2v) is 5.13. The largest absolute Gasteiger partial charge is 0.478 e. The van der Waals surface area contributed by atoms with Gasteiger partial charge in [-0.25, -0.2) is 4.79 Å². The highest BCUT2D eigenvalue weighted by molar-refractivity contribution is 7.17. The van der Waals surface area contributed by atoms with Crippen molar-refractivity contribution in [3.05, 3.63) is 40.8 Å². The highest BCUT2D eigenvalue weighted by atomic mass is 32.1. The number of aliphatic carboxylic acids is 1. The van der Waals surface area contributed by atoms with E-state index in [1.165, 1.54) is 13.8 Å². The van der Waals surface area contributed by atoms with Crippen LogP contribution in [0.1, 0.15) is 13.8 Å². The lowest BCUT2D eigenvalue weighted by Gasteiger charge is -2.07. The predicted octanol–water partition coefficient (Wildman–Crippen LogP) is 3.26. The van der Waals surface area contributed by atoms with Gasteiger partial charge in [0.25, 0.3) is 5.91 Å². The smallest absolute Gasteiger partial charge is 0.331 e. The maximum Gasteiger partial charge on any atom is 0.331 e. The van der Waals surface area contributed by atoms with E-state index in [0.29, 0.717) is 5.69 Å². The Morgan fingerprint density at radius 3 is 2.58 bits per heavy atom. The summed E-state index contributed by atoms with van der Waals surface area (Å²) in [5.41, 5.74) is 0.917. The number of amides is 1. The third-order valence-corrected chi connectivity index (χ3v) is 3.83. The van der Waals surface area contributed by atoms with Gasteiger partial charge in [-0.05, 0) is 48.9 Å². The van der Waals surface area contributed by atoms with Crippen LogP contribution in [0, 0.1) is 0 Å². The SMILES string of the molecule is CC(C(=O)O)=C(C)C(=O)Nc1ccc2sccc2c1. The van der Waals surface area contributed by atoms with E-state index in [9.17, 15) is 9.59 Å². The highest BCUT2D eigenvalue weighted by Gasteiger charge is 2.12. The zero-order valence-corrected chi connectivity index (χ0v) is 11.4. The number of hydrogen-bond donors (Lipinski definition) is 2. The first-order valence-electron chi connectivity index (χ1n) is 5.68. The maximum absolute atomic E-state index is 11.9. The number of nitrogens with one attached hydrogen (secondary N) is 1. The molecule has 0 spiro atoms. The summed E-state index contributed by atoms with van der Waals surface area (Å²) in [7, 11) is 0. The average Bonchev–Trinajstić information content (AvgIpc) is 2.84. The van der Waals surface area contributed by atoms with Crippen molar-refractivity contribution in [1.82, 2.24) is 0 Å². The molecule has 0 radical (unpaired) electrons. The van der Waals surface area contributed by atoms with Crippen LogP contribution < -0.4 is 5.32 Å². The van der Waals surface area contributed by atoms with E-state index in [2.05, 4.69) is 5.32 Å². The van der Waals surface area contributed by atoms with E-state index < -0.39 is 11.9 Å². The van der Waals surface area contributed by atoms with E-state index in [1.54, 1.807) is 17.4 Å². The van der Waals surface area contributed by atoms with Crippen molar-refractivity contribution in [2.75, 3.05) is 5.32 Å². The maximum atomic E-state index is 11.9. The number of fused-ring (bicyclic) bond motifs is 1. The third-order valence-electron chi connectivity index (χ3n) is 2.93. The molecule has 98 valence electrons. The van der Waals surface area contributed by atoms with Gasteiger partial charge in [0.05, 0.1) is 0 Å². The second kappa shape index (κ2) is 5.24. The van der Waals surface area contributed by atoms with E-state index in [-0.39, 0.29) is 11.1 Å². The lowest BCUT2D eigenvalue weighted by atomic mass is 10.1. The number of carboxylic acid groups (broad SMARTS) is 1. The molecular formula is C14H13NO3S. The van der Waals surface area contributed by atoms with Crippen LogP contribution in [0.15, 0.2) is 40.8 Å². The van der Waals surface area contributed by atoms with Crippen LogP contribution in [0.5, 0.6) is 0 Å². The van der Waals surface area contributed by atoms with Crippen LogP contribution in [-0.4, -0.2) is 17.0 Å². The summed E-state index contributed by atoms with van der Waals surface area (Å²) in [5.74, 6) is -1.48. The Labute approximate surface area is 114 Å². The molecule has 0 saturated heterocycles. The molecule has 0 atom stereocenters. The van der Waals surface area contributed by atoms with Gasteiger partial charge in [0.2, 0.25) is 0 Å². The molecule has 0 aliphatic rings. The van der Waals surface area contributed by atoms with Gasteiger partial charge in [0.15, 0.2) is 0 Å².